The van der Waals surface area contributed by atoms with Gasteiger partial charge >= 0.3 is 7.12 Å². The van der Waals surface area contributed by atoms with E-state index < -0.39 is 7.12 Å². The number of benzene rings is 1. The second-order valence-corrected chi connectivity index (χ2v) is 3.63. The molecule has 0 saturated carbocycles. The van der Waals surface area contributed by atoms with Crippen molar-refractivity contribution in [3.63, 3.8) is 0 Å². The molecule has 1 aliphatic heterocycles. The molecule has 1 aromatic carbocycles. The van der Waals surface area contributed by atoms with Gasteiger partial charge in [-0.15, -0.1) is 0 Å². The Balaban J connectivity index is 2.19. The van der Waals surface area contributed by atoms with Gasteiger partial charge in [0.1, 0.15) is 5.82 Å². The minimum Gasteiger partial charge on any atom is -0.427 e. The summed E-state index contributed by atoms with van der Waals surface area (Å²) >= 11 is 0. The molecule has 0 amide bonds. The van der Waals surface area contributed by atoms with Gasteiger partial charge in [0, 0.05) is 18.4 Å². The van der Waals surface area contributed by atoms with E-state index in [0.29, 0.717) is 6.54 Å². The van der Waals surface area contributed by atoms with Gasteiger partial charge in [-0.1, -0.05) is 12.1 Å². The number of nitrogens with one attached hydrogen (secondary N) is 2. The van der Waals surface area contributed by atoms with Gasteiger partial charge in [-0.05, 0) is 17.7 Å². The minimum absolute atomic E-state index is 0.203. The minimum atomic E-state index is -1.39. The first-order chi connectivity index (χ1) is 7.18. The topological polar surface area (TPSA) is 64.5 Å². The summed E-state index contributed by atoms with van der Waals surface area (Å²) in [6.45, 7) is 0.472. The molecule has 0 aromatic heterocycles. The van der Waals surface area contributed by atoms with Crippen molar-refractivity contribution in [3.8, 4) is 0 Å². The summed E-state index contributed by atoms with van der Waals surface area (Å²) in [4.78, 5) is 0. The van der Waals surface area contributed by atoms with Gasteiger partial charge in [-0.3, -0.25) is 10.9 Å². The molecule has 0 bridgehead atoms. The van der Waals surface area contributed by atoms with Crippen LogP contribution in [0.5, 0.6) is 0 Å². The van der Waals surface area contributed by atoms with Crippen LogP contribution in [0.3, 0.4) is 0 Å². The van der Waals surface area contributed by atoms with E-state index in [9.17, 15) is 4.39 Å². The maximum Gasteiger partial charge on any atom is 0.458 e. The van der Waals surface area contributed by atoms with Crippen LogP contribution in [0, 0.1) is 5.82 Å². The molecule has 1 heterocycles. The van der Waals surface area contributed by atoms with Crippen molar-refractivity contribution in [2.75, 3.05) is 6.54 Å². The van der Waals surface area contributed by atoms with Crippen LogP contribution >= 0.6 is 0 Å². The first-order valence-electron chi connectivity index (χ1n) is 4.78. The fourth-order valence-corrected chi connectivity index (χ4v) is 1.79. The van der Waals surface area contributed by atoms with Gasteiger partial charge < -0.3 is 10.0 Å². The number of hydrogen-bond donors (Lipinski definition) is 4. The lowest BCUT2D eigenvalue weighted by molar-refractivity contribution is 0.378. The van der Waals surface area contributed by atoms with E-state index in [1.807, 2.05) is 0 Å². The lowest BCUT2D eigenvalue weighted by atomic mass is 9.68. The lowest BCUT2D eigenvalue weighted by Gasteiger charge is -2.17. The van der Waals surface area contributed by atoms with Gasteiger partial charge in [-0.25, -0.2) is 4.39 Å². The molecule has 80 valence electrons. The van der Waals surface area contributed by atoms with Crippen LogP contribution in [0.15, 0.2) is 24.3 Å². The molecule has 6 heteroatoms. The van der Waals surface area contributed by atoms with Crippen molar-refractivity contribution < 1.29 is 14.4 Å². The van der Waals surface area contributed by atoms with E-state index in [4.69, 9.17) is 10.0 Å². The van der Waals surface area contributed by atoms with Crippen molar-refractivity contribution in [1.82, 2.24) is 10.9 Å². The lowest BCUT2D eigenvalue weighted by Crippen LogP contribution is -2.27. The fraction of sp³-hybridized carbons (Fsp3) is 0.333. The summed E-state index contributed by atoms with van der Waals surface area (Å²) in [6, 6.07) is 5.78. The molecule has 1 saturated heterocycles. The van der Waals surface area contributed by atoms with Crippen molar-refractivity contribution in [1.29, 1.82) is 0 Å². The maximum atomic E-state index is 12.7. The molecular weight excluding hydrogens is 198 g/mol. The Hall–Kier alpha value is -0.945. The predicted molar refractivity (Wildman–Crippen MR) is 54.2 cm³/mol. The van der Waals surface area contributed by atoms with E-state index in [1.54, 1.807) is 12.1 Å². The molecular formula is C9H12BFN2O2. The summed E-state index contributed by atoms with van der Waals surface area (Å²) in [7, 11) is -1.39. The number of rotatable bonds is 2. The quantitative estimate of drug-likeness (QED) is 0.511. The van der Waals surface area contributed by atoms with E-state index >= 15 is 0 Å². The van der Waals surface area contributed by atoms with Crippen LogP contribution < -0.4 is 10.9 Å². The molecule has 1 fully saturated rings. The molecule has 15 heavy (non-hydrogen) atoms. The Labute approximate surface area is 87.2 Å². The van der Waals surface area contributed by atoms with Gasteiger partial charge in [0.2, 0.25) is 0 Å². The predicted octanol–water partition coefficient (Wildman–Crippen LogP) is -0.182. The normalized spacial score (nSPS) is 25.5. The zero-order valence-electron chi connectivity index (χ0n) is 8.02. The van der Waals surface area contributed by atoms with Crippen LogP contribution in [0.4, 0.5) is 4.39 Å². The first kappa shape index (κ1) is 10.6. The molecule has 2 atom stereocenters. The van der Waals surface area contributed by atoms with Crippen molar-refractivity contribution in [2.24, 2.45) is 0 Å². The molecule has 0 radical (unpaired) electrons. The van der Waals surface area contributed by atoms with Gasteiger partial charge in [0.25, 0.3) is 0 Å². The standard InChI is InChI=1S/C9H12BFN2O2/c11-7-3-1-6(2-4-7)9-8(10(14)15)5-12-13-9/h1-4,8-9,12-15H,5H2/t8-,9-/m0/s1. The third-order valence-electron chi connectivity index (χ3n) is 2.64. The third-order valence-corrected chi connectivity index (χ3v) is 2.64. The SMILES string of the molecule is OB(O)[C@H]1CNN[C@H]1c1ccc(F)cc1. The van der Waals surface area contributed by atoms with Gasteiger partial charge in [0.05, 0.1) is 0 Å². The average Bonchev–Trinajstić information content (AvgIpc) is 2.67. The Morgan fingerprint density at radius 1 is 1.27 bits per heavy atom. The summed E-state index contributed by atoms with van der Waals surface area (Å²) in [5.74, 6) is -0.624. The zero-order chi connectivity index (χ0) is 10.8. The highest BCUT2D eigenvalue weighted by molar-refractivity contribution is 6.43. The van der Waals surface area contributed by atoms with E-state index in [2.05, 4.69) is 10.9 Å². The third kappa shape index (κ3) is 2.18. The molecule has 0 spiro atoms. The fourth-order valence-electron chi connectivity index (χ4n) is 1.79. The van der Waals surface area contributed by atoms with Gasteiger partial charge in [-0.2, -0.15) is 0 Å². The Morgan fingerprint density at radius 2 is 1.93 bits per heavy atom. The Bertz CT molecular complexity index is 333. The molecule has 4 N–H and O–H groups in total. The van der Waals surface area contributed by atoms with Crippen molar-refractivity contribution in [3.05, 3.63) is 35.6 Å². The summed E-state index contributed by atoms with van der Waals surface area (Å²) in [5.41, 5.74) is 6.62. The molecule has 0 unspecified atom stereocenters. The highest BCUT2D eigenvalue weighted by Gasteiger charge is 2.36. The molecule has 1 aliphatic rings. The monoisotopic (exact) mass is 210 g/mol. The summed E-state index contributed by atoms with van der Waals surface area (Å²) < 4.78 is 12.7. The molecule has 0 aliphatic carbocycles. The van der Waals surface area contributed by atoms with Crippen LogP contribution in [-0.2, 0) is 0 Å². The second-order valence-electron chi connectivity index (χ2n) is 3.63. The Kier molecular flexibility index (Phi) is 3.02. The average molecular weight is 210 g/mol. The van der Waals surface area contributed by atoms with Crippen LogP contribution in [0.2, 0.25) is 5.82 Å². The van der Waals surface area contributed by atoms with Crippen LogP contribution in [-0.4, -0.2) is 23.7 Å². The molecule has 1 aromatic rings. The van der Waals surface area contributed by atoms with Crippen molar-refractivity contribution in [2.45, 2.75) is 11.9 Å². The smallest absolute Gasteiger partial charge is 0.427 e. The highest BCUT2D eigenvalue weighted by atomic mass is 19.1. The van der Waals surface area contributed by atoms with Gasteiger partial charge in [0.15, 0.2) is 0 Å². The van der Waals surface area contributed by atoms with Crippen LogP contribution in [0.25, 0.3) is 0 Å². The maximum absolute atomic E-state index is 12.7. The molecule has 2 rings (SSSR count). The second kappa shape index (κ2) is 4.28. The van der Waals surface area contributed by atoms with E-state index in [0.717, 1.165) is 5.56 Å². The largest absolute Gasteiger partial charge is 0.458 e. The number of hydrazine groups is 1. The zero-order valence-corrected chi connectivity index (χ0v) is 8.02. The number of halogens is 1. The van der Waals surface area contributed by atoms with E-state index in [-0.39, 0.29) is 17.7 Å². The van der Waals surface area contributed by atoms with Crippen molar-refractivity contribution >= 4 is 7.12 Å². The summed E-state index contributed by atoms with van der Waals surface area (Å²) in [6.07, 6.45) is 0. The summed E-state index contributed by atoms with van der Waals surface area (Å²) in [5, 5.41) is 18.3. The molecule has 4 nitrogen and oxygen atoms in total. The number of hydrogen-bond acceptors (Lipinski definition) is 4. The Morgan fingerprint density at radius 3 is 2.53 bits per heavy atom. The first-order valence-corrected chi connectivity index (χ1v) is 4.78. The van der Waals surface area contributed by atoms with Crippen LogP contribution in [0.1, 0.15) is 11.6 Å². The van der Waals surface area contributed by atoms with E-state index in [1.165, 1.54) is 12.1 Å². The highest BCUT2D eigenvalue weighted by Crippen LogP contribution is 2.30.